The minimum atomic E-state index is -0.976. The highest BCUT2D eigenvalue weighted by atomic mass is 32.1. The van der Waals surface area contributed by atoms with E-state index >= 15 is 0 Å². The summed E-state index contributed by atoms with van der Waals surface area (Å²) in [5, 5.41) is 1.89. The molecule has 1 atom stereocenters. The average Bonchev–Trinajstić information content (AvgIpc) is 2.68. The SMILES string of the molecule is CCCCC1CCc2c(cc(F)c(C#Cc3cc(F)c(N=C=S)c(F)c3)c2F)C1. The number of halogens is 4. The van der Waals surface area contributed by atoms with Crippen molar-refractivity contribution in [2.45, 2.75) is 45.4 Å². The Labute approximate surface area is 172 Å². The van der Waals surface area contributed by atoms with Crippen molar-refractivity contribution in [2.24, 2.45) is 10.9 Å². The summed E-state index contributed by atoms with van der Waals surface area (Å²) in [5.74, 6) is 1.90. The quantitative estimate of drug-likeness (QED) is 0.234. The number of fused-ring (bicyclic) bond motifs is 1. The van der Waals surface area contributed by atoms with Gasteiger partial charge in [-0.2, -0.15) is 4.99 Å². The molecule has 2 aromatic rings. The summed E-state index contributed by atoms with van der Waals surface area (Å²) in [4.78, 5) is 3.31. The van der Waals surface area contributed by atoms with Crippen molar-refractivity contribution in [1.29, 1.82) is 0 Å². The Morgan fingerprint density at radius 1 is 1.07 bits per heavy atom. The highest BCUT2D eigenvalue weighted by Gasteiger charge is 2.24. The van der Waals surface area contributed by atoms with Crippen molar-refractivity contribution in [3.05, 3.63) is 63.7 Å². The van der Waals surface area contributed by atoms with Gasteiger partial charge in [0.1, 0.15) is 17.3 Å². The maximum atomic E-state index is 14.9. The fourth-order valence-corrected chi connectivity index (χ4v) is 3.79. The summed E-state index contributed by atoms with van der Waals surface area (Å²) in [5.41, 5.74) is 0.176. The van der Waals surface area contributed by atoms with Crippen molar-refractivity contribution in [2.75, 3.05) is 0 Å². The van der Waals surface area contributed by atoms with E-state index in [2.05, 4.69) is 36.0 Å². The Balaban J connectivity index is 1.92. The number of isothiocyanates is 1. The number of hydrogen-bond acceptors (Lipinski definition) is 2. The summed E-state index contributed by atoms with van der Waals surface area (Å²) < 4.78 is 57.2. The third-order valence-corrected chi connectivity index (χ3v) is 5.29. The van der Waals surface area contributed by atoms with Crippen molar-refractivity contribution < 1.29 is 17.6 Å². The third kappa shape index (κ3) is 4.75. The number of aliphatic imine (C=N–C) groups is 1. The molecular formula is C23H19F4NS. The van der Waals surface area contributed by atoms with Gasteiger partial charge in [0, 0.05) is 5.56 Å². The third-order valence-electron chi connectivity index (χ3n) is 5.20. The molecule has 0 amide bonds. The van der Waals surface area contributed by atoms with Crippen LogP contribution in [-0.2, 0) is 12.8 Å². The predicted molar refractivity (Wildman–Crippen MR) is 108 cm³/mol. The molecule has 0 saturated carbocycles. The minimum Gasteiger partial charge on any atom is -0.206 e. The lowest BCUT2D eigenvalue weighted by molar-refractivity contribution is 0.402. The van der Waals surface area contributed by atoms with Crippen molar-refractivity contribution in [3.63, 3.8) is 0 Å². The monoisotopic (exact) mass is 417 g/mol. The van der Waals surface area contributed by atoms with Crippen LogP contribution < -0.4 is 0 Å². The van der Waals surface area contributed by atoms with E-state index in [0.29, 0.717) is 29.9 Å². The molecule has 29 heavy (non-hydrogen) atoms. The average molecular weight is 417 g/mol. The van der Waals surface area contributed by atoms with Gasteiger partial charge in [0.05, 0.1) is 10.7 Å². The van der Waals surface area contributed by atoms with Gasteiger partial charge in [0.2, 0.25) is 0 Å². The fraction of sp³-hybridized carbons (Fsp3) is 0.348. The highest BCUT2D eigenvalue weighted by Crippen LogP contribution is 2.32. The van der Waals surface area contributed by atoms with Gasteiger partial charge in [-0.1, -0.05) is 38.0 Å². The zero-order valence-corrected chi connectivity index (χ0v) is 16.7. The lowest BCUT2D eigenvalue weighted by Gasteiger charge is -2.25. The summed E-state index contributed by atoms with van der Waals surface area (Å²) >= 11 is 4.35. The summed E-state index contributed by atoms with van der Waals surface area (Å²) in [7, 11) is 0. The van der Waals surface area contributed by atoms with Crippen LogP contribution in [0.1, 0.15) is 54.9 Å². The molecule has 1 aliphatic rings. The van der Waals surface area contributed by atoms with Gasteiger partial charge in [-0.05, 0) is 66.7 Å². The van der Waals surface area contributed by atoms with Crippen molar-refractivity contribution in [1.82, 2.24) is 0 Å². The van der Waals surface area contributed by atoms with E-state index in [1.54, 1.807) is 0 Å². The number of rotatable bonds is 4. The van der Waals surface area contributed by atoms with E-state index in [4.69, 9.17) is 0 Å². The van der Waals surface area contributed by atoms with Crippen LogP contribution in [0.2, 0.25) is 0 Å². The van der Waals surface area contributed by atoms with Crippen LogP contribution in [0.4, 0.5) is 23.2 Å². The molecule has 0 heterocycles. The van der Waals surface area contributed by atoms with E-state index in [1.165, 1.54) is 6.07 Å². The smallest absolute Gasteiger partial charge is 0.153 e. The van der Waals surface area contributed by atoms with E-state index in [1.807, 2.05) is 5.16 Å². The number of unbranched alkanes of at least 4 members (excludes halogenated alkanes) is 1. The van der Waals surface area contributed by atoms with E-state index in [0.717, 1.165) is 37.8 Å². The number of benzene rings is 2. The highest BCUT2D eigenvalue weighted by molar-refractivity contribution is 7.78. The summed E-state index contributed by atoms with van der Waals surface area (Å²) in [6.07, 6.45) is 5.33. The largest absolute Gasteiger partial charge is 0.206 e. The lowest BCUT2D eigenvalue weighted by atomic mass is 9.80. The minimum absolute atomic E-state index is 0.0560. The van der Waals surface area contributed by atoms with Gasteiger partial charge in [-0.15, -0.1) is 0 Å². The second-order valence-corrected chi connectivity index (χ2v) is 7.36. The van der Waals surface area contributed by atoms with Crippen LogP contribution in [-0.4, -0.2) is 5.16 Å². The maximum absolute atomic E-state index is 14.9. The number of thiocarbonyl (C=S) groups is 1. The number of nitrogens with zero attached hydrogens (tertiary/aromatic N) is 1. The van der Waals surface area contributed by atoms with Crippen molar-refractivity contribution >= 4 is 23.1 Å². The molecule has 0 spiro atoms. The van der Waals surface area contributed by atoms with Gasteiger partial charge in [-0.25, -0.2) is 17.6 Å². The van der Waals surface area contributed by atoms with Crippen LogP contribution >= 0.6 is 12.2 Å². The van der Waals surface area contributed by atoms with Crippen LogP contribution in [0.3, 0.4) is 0 Å². The van der Waals surface area contributed by atoms with Crippen LogP contribution in [0.5, 0.6) is 0 Å². The molecule has 0 radical (unpaired) electrons. The molecule has 0 aliphatic heterocycles. The maximum Gasteiger partial charge on any atom is 0.153 e. The standard InChI is InChI=1S/C23H19F4NS/c1-2-3-4-14-5-7-17-16(9-14)12-19(24)18(22(17)27)8-6-15-10-20(25)23(28-13-29)21(26)11-15/h10-12,14H,2-5,7,9H2,1H3. The zero-order chi connectivity index (χ0) is 21.0. The van der Waals surface area contributed by atoms with Crippen LogP contribution in [0.15, 0.2) is 23.2 Å². The van der Waals surface area contributed by atoms with Gasteiger partial charge in [0.15, 0.2) is 11.6 Å². The molecule has 6 heteroatoms. The Morgan fingerprint density at radius 3 is 2.45 bits per heavy atom. The fourth-order valence-electron chi connectivity index (χ4n) is 3.70. The molecule has 150 valence electrons. The van der Waals surface area contributed by atoms with E-state index in [9.17, 15) is 17.6 Å². The summed E-state index contributed by atoms with van der Waals surface area (Å²) in [6.45, 7) is 2.12. The normalized spacial score (nSPS) is 15.1. The summed E-state index contributed by atoms with van der Waals surface area (Å²) in [6, 6.07) is 3.22. The number of hydrogen-bond donors (Lipinski definition) is 0. The predicted octanol–water partition coefficient (Wildman–Crippen LogP) is 6.67. The molecule has 0 aromatic heterocycles. The van der Waals surface area contributed by atoms with E-state index < -0.39 is 29.0 Å². The molecular weight excluding hydrogens is 398 g/mol. The second-order valence-electron chi connectivity index (χ2n) is 7.18. The molecule has 3 rings (SSSR count). The van der Waals surface area contributed by atoms with Gasteiger partial charge in [0.25, 0.3) is 0 Å². The Bertz CT molecular complexity index is 1020. The first-order valence-electron chi connectivity index (χ1n) is 9.53. The molecule has 2 aromatic carbocycles. The first kappa shape index (κ1) is 21.2. The Kier molecular flexibility index (Phi) is 6.84. The first-order valence-corrected chi connectivity index (χ1v) is 9.94. The van der Waals surface area contributed by atoms with Crippen LogP contribution in [0.25, 0.3) is 0 Å². The lowest BCUT2D eigenvalue weighted by Crippen LogP contribution is -2.17. The molecule has 0 bridgehead atoms. The molecule has 0 N–H and O–H groups in total. The molecule has 1 aliphatic carbocycles. The van der Waals surface area contributed by atoms with E-state index in [-0.39, 0.29) is 11.1 Å². The second kappa shape index (κ2) is 9.35. The van der Waals surface area contributed by atoms with Gasteiger partial charge < -0.3 is 0 Å². The molecule has 1 unspecified atom stereocenters. The topological polar surface area (TPSA) is 12.4 Å². The Hall–Kier alpha value is -2.48. The van der Waals surface area contributed by atoms with Crippen LogP contribution in [0, 0.1) is 41.0 Å². The first-order chi connectivity index (χ1) is 13.9. The Morgan fingerprint density at radius 2 is 1.79 bits per heavy atom. The van der Waals surface area contributed by atoms with Gasteiger partial charge in [-0.3, -0.25) is 0 Å². The molecule has 0 fully saturated rings. The zero-order valence-electron chi connectivity index (χ0n) is 15.9. The van der Waals surface area contributed by atoms with Crippen molar-refractivity contribution in [3.8, 4) is 11.8 Å². The van der Waals surface area contributed by atoms with Gasteiger partial charge >= 0.3 is 0 Å². The molecule has 0 saturated heterocycles. The molecule has 1 nitrogen and oxygen atoms in total.